The molecule has 1 aliphatic rings. The first-order valence-corrected chi connectivity index (χ1v) is 6.42. The maximum atomic E-state index is 12.3. The van der Waals surface area contributed by atoms with E-state index < -0.39 is 17.5 Å². The molecule has 0 spiro atoms. The quantitative estimate of drug-likeness (QED) is 0.927. The summed E-state index contributed by atoms with van der Waals surface area (Å²) in [6.07, 6.45) is -3.66. The smallest absolute Gasteiger partial charge is 0.381 e. The van der Waals surface area contributed by atoms with Crippen LogP contribution in [0, 0.1) is 0 Å². The summed E-state index contributed by atoms with van der Waals surface area (Å²) >= 11 is 0. The van der Waals surface area contributed by atoms with Crippen LogP contribution in [-0.4, -0.2) is 31.8 Å². The van der Waals surface area contributed by atoms with Gasteiger partial charge in [-0.3, -0.25) is 4.79 Å². The van der Waals surface area contributed by atoms with Crippen LogP contribution in [0.2, 0.25) is 0 Å². The molecule has 1 fully saturated rings. The Bertz CT molecular complexity index is 453. The lowest BCUT2D eigenvalue weighted by atomic mass is 9.74. The number of halogens is 3. The summed E-state index contributed by atoms with van der Waals surface area (Å²) in [5.41, 5.74) is 0.450. The van der Waals surface area contributed by atoms with E-state index in [1.165, 1.54) is 0 Å². The van der Waals surface area contributed by atoms with Crippen molar-refractivity contribution in [2.24, 2.45) is 0 Å². The Labute approximate surface area is 115 Å². The number of amides is 1. The van der Waals surface area contributed by atoms with Crippen LogP contribution in [0.4, 0.5) is 13.2 Å². The third-order valence-corrected chi connectivity index (χ3v) is 3.68. The third kappa shape index (κ3) is 3.30. The van der Waals surface area contributed by atoms with E-state index in [9.17, 15) is 18.0 Å². The van der Waals surface area contributed by atoms with Gasteiger partial charge in [-0.2, -0.15) is 13.2 Å². The highest BCUT2D eigenvalue weighted by Crippen LogP contribution is 2.34. The zero-order valence-corrected chi connectivity index (χ0v) is 10.9. The van der Waals surface area contributed by atoms with Gasteiger partial charge in [0, 0.05) is 25.2 Å². The predicted molar refractivity (Wildman–Crippen MR) is 67.2 cm³/mol. The van der Waals surface area contributed by atoms with Gasteiger partial charge in [-0.25, -0.2) is 0 Å². The van der Waals surface area contributed by atoms with Gasteiger partial charge in [0.25, 0.3) is 0 Å². The normalized spacial score (nSPS) is 18.6. The molecule has 1 aromatic carbocycles. The van der Waals surface area contributed by atoms with Gasteiger partial charge in [0.1, 0.15) is 0 Å². The van der Waals surface area contributed by atoms with Crippen molar-refractivity contribution in [1.82, 2.24) is 5.32 Å². The minimum Gasteiger partial charge on any atom is -0.381 e. The summed E-state index contributed by atoms with van der Waals surface area (Å²) in [6, 6.07) is 9.30. The van der Waals surface area contributed by atoms with Crippen LogP contribution >= 0.6 is 0 Å². The first-order chi connectivity index (χ1) is 9.44. The van der Waals surface area contributed by atoms with Gasteiger partial charge < -0.3 is 10.1 Å². The highest BCUT2D eigenvalue weighted by molar-refractivity contribution is 5.81. The summed E-state index contributed by atoms with van der Waals surface area (Å²) < 4.78 is 42.2. The third-order valence-electron chi connectivity index (χ3n) is 3.68. The van der Waals surface area contributed by atoms with E-state index in [1.54, 1.807) is 0 Å². The van der Waals surface area contributed by atoms with Crippen LogP contribution < -0.4 is 5.32 Å². The van der Waals surface area contributed by atoms with Crippen LogP contribution in [0.25, 0.3) is 0 Å². The fraction of sp³-hybridized carbons (Fsp3) is 0.500. The molecule has 0 unspecified atom stereocenters. The molecule has 0 saturated carbocycles. The first-order valence-electron chi connectivity index (χ1n) is 6.42. The molecule has 3 nitrogen and oxygen atoms in total. The molecular formula is C14H16F3NO2. The van der Waals surface area contributed by atoms with Gasteiger partial charge in [-0.15, -0.1) is 0 Å². The van der Waals surface area contributed by atoms with Gasteiger partial charge in [-0.1, -0.05) is 30.3 Å². The zero-order chi connectivity index (χ0) is 14.6. The molecule has 1 amide bonds. The summed E-state index contributed by atoms with van der Waals surface area (Å²) in [4.78, 5) is 11.0. The number of carbonyl (C=O) groups is 1. The Balaban J connectivity index is 2.14. The Morgan fingerprint density at radius 2 is 1.80 bits per heavy atom. The van der Waals surface area contributed by atoms with Crippen molar-refractivity contribution < 1.29 is 22.7 Å². The lowest BCUT2D eigenvalue weighted by Gasteiger charge is -2.38. The van der Waals surface area contributed by atoms with Crippen LogP contribution in [0.1, 0.15) is 18.4 Å². The van der Waals surface area contributed by atoms with Gasteiger partial charge in [0.2, 0.25) is 0 Å². The monoisotopic (exact) mass is 287 g/mol. The van der Waals surface area contributed by atoms with Crippen molar-refractivity contribution >= 4 is 5.91 Å². The molecule has 0 atom stereocenters. The fourth-order valence-electron chi connectivity index (χ4n) is 2.47. The Hall–Kier alpha value is -1.56. The minimum atomic E-state index is -4.84. The lowest BCUT2D eigenvalue weighted by molar-refractivity contribution is -0.174. The minimum absolute atomic E-state index is 0.0291. The molecule has 0 radical (unpaired) electrons. The molecule has 0 aromatic heterocycles. The molecule has 110 valence electrons. The number of benzene rings is 1. The van der Waals surface area contributed by atoms with Gasteiger partial charge >= 0.3 is 12.1 Å². The van der Waals surface area contributed by atoms with Crippen molar-refractivity contribution in [3.8, 4) is 0 Å². The van der Waals surface area contributed by atoms with Gasteiger partial charge in [0.15, 0.2) is 0 Å². The van der Waals surface area contributed by atoms with E-state index in [4.69, 9.17) is 4.74 Å². The largest absolute Gasteiger partial charge is 0.471 e. The molecule has 1 aromatic rings. The molecule has 1 N–H and O–H groups in total. The molecule has 1 aliphatic heterocycles. The van der Waals surface area contributed by atoms with Crippen molar-refractivity contribution in [1.29, 1.82) is 0 Å². The van der Waals surface area contributed by atoms with Crippen molar-refractivity contribution in [2.75, 3.05) is 19.8 Å². The van der Waals surface area contributed by atoms with Gasteiger partial charge in [-0.05, 0) is 18.4 Å². The predicted octanol–water partition coefficient (Wildman–Crippen LogP) is 2.41. The van der Waals surface area contributed by atoms with Crippen LogP contribution in [0.15, 0.2) is 30.3 Å². The lowest BCUT2D eigenvalue weighted by Crippen LogP contribution is -2.47. The molecule has 1 heterocycles. The highest BCUT2D eigenvalue weighted by atomic mass is 19.4. The van der Waals surface area contributed by atoms with Crippen molar-refractivity contribution in [2.45, 2.75) is 24.4 Å². The second-order valence-corrected chi connectivity index (χ2v) is 4.94. The zero-order valence-electron chi connectivity index (χ0n) is 10.9. The standard InChI is InChI=1S/C14H16F3NO2/c15-14(16,17)12(19)18-10-13(6-8-20-9-7-13)11-4-2-1-3-5-11/h1-5H,6-10H2,(H,18,19). The number of rotatable bonds is 3. The topological polar surface area (TPSA) is 38.3 Å². The number of hydrogen-bond donors (Lipinski definition) is 1. The molecule has 1 saturated heterocycles. The van der Waals surface area contributed by atoms with E-state index in [-0.39, 0.29) is 6.54 Å². The Morgan fingerprint density at radius 1 is 1.20 bits per heavy atom. The second-order valence-electron chi connectivity index (χ2n) is 4.94. The highest BCUT2D eigenvalue weighted by Gasteiger charge is 2.41. The molecule has 20 heavy (non-hydrogen) atoms. The van der Waals surface area contributed by atoms with Crippen LogP contribution in [0.5, 0.6) is 0 Å². The average molecular weight is 287 g/mol. The van der Waals surface area contributed by atoms with Crippen molar-refractivity contribution in [3.05, 3.63) is 35.9 Å². The number of nitrogens with one attached hydrogen (secondary N) is 1. The number of ether oxygens (including phenoxy) is 1. The van der Waals surface area contributed by atoms with Crippen LogP contribution in [0.3, 0.4) is 0 Å². The summed E-state index contributed by atoms with van der Waals surface area (Å²) in [6.45, 7) is 0.937. The molecule has 2 rings (SSSR count). The molecular weight excluding hydrogens is 271 g/mol. The van der Waals surface area contributed by atoms with Gasteiger partial charge in [0.05, 0.1) is 0 Å². The summed E-state index contributed by atoms with van der Waals surface area (Å²) in [7, 11) is 0. The maximum Gasteiger partial charge on any atom is 0.471 e. The number of alkyl halides is 3. The van der Waals surface area contributed by atoms with E-state index in [2.05, 4.69) is 0 Å². The molecule has 0 aliphatic carbocycles. The van der Waals surface area contributed by atoms with E-state index >= 15 is 0 Å². The summed E-state index contributed by atoms with van der Waals surface area (Å²) in [5.74, 6) is -1.89. The average Bonchev–Trinajstić information content (AvgIpc) is 2.45. The maximum absolute atomic E-state index is 12.3. The number of hydrogen-bond acceptors (Lipinski definition) is 2. The van der Waals surface area contributed by atoms with Crippen molar-refractivity contribution in [3.63, 3.8) is 0 Å². The van der Waals surface area contributed by atoms with E-state index in [0.717, 1.165) is 5.56 Å². The molecule has 0 bridgehead atoms. The fourth-order valence-corrected chi connectivity index (χ4v) is 2.47. The SMILES string of the molecule is O=C(NCC1(c2ccccc2)CCOCC1)C(F)(F)F. The first kappa shape index (κ1) is 14.8. The second kappa shape index (κ2) is 5.83. The van der Waals surface area contributed by atoms with Crippen LogP contribution in [-0.2, 0) is 14.9 Å². The Kier molecular flexibility index (Phi) is 4.32. The number of carbonyl (C=O) groups excluding carboxylic acids is 1. The summed E-state index contributed by atoms with van der Waals surface area (Å²) in [5, 5.41) is 2.01. The molecule has 6 heteroatoms. The van der Waals surface area contributed by atoms with E-state index in [0.29, 0.717) is 26.1 Å². The van der Waals surface area contributed by atoms with E-state index in [1.807, 2.05) is 35.6 Å². The Morgan fingerprint density at radius 3 is 2.35 bits per heavy atom.